The Morgan fingerprint density at radius 1 is 1.00 bits per heavy atom. The van der Waals surface area contributed by atoms with Crippen molar-refractivity contribution in [3.8, 4) is 17.2 Å². The molecule has 1 aliphatic heterocycles. The summed E-state index contributed by atoms with van der Waals surface area (Å²) in [6.45, 7) is 0.927. The molecular weight excluding hydrogens is 324 g/mol. The summed E-state index contributed by atoms with van der Waals surface area (Å²) >= 11 is 0. The van der Waals surface area contributed by atoms with Crippen LogP contribution in [0.15, 0.2) is 42.5 Å². The zero-order valence-electron chi connectivity index (χ0n) is 13.7. The number of ether oxygens (including phenoxy) is 3. The molecule has 2 aromatic carbocycles. The summed E-state index contributed by atoms with van der Waals surface area (Å²) in [6, 6.07) is 12.0. The number of hydrazine groups is 1. The highest BCUT2D eigenvalue weighted by molar-refractivity contribution is 5.96. The van der Waals surface area contributed by atoms with E-state index in [9.17, 15) is 9.59 Å². The van der Waals surface area contributed by atoms with Gasteiger partial charge in [0.25, 0.3) is 5.91 Å². The first kappa shape index (κ1) is 16.6. The van der Waals surface area contributed by atoms with E-state index in [-0.39, 0.29) is 12.3 Å². The zero-order chi connectivity index (χ0) is 17.6. The van der Waals surface area contributed by atoms with Gasteiger partial charge >= 0.3 is 0 Å². The van der Waals surface area contributed by atoms with Crippen LogP contribution in [-0.4, -0.2) is 32.1 Å². The minimum absolute atomic E-state index is 0.144. The Morgan fingerprint density at radius 3 is 2.44 bits per heavy atom. The number of carbonyl (C=O) groups is 2. The van der Waals surface area contributed by atoms with E-state index in [4.69, 9.17) is 14.2 Å². The fourth-order valence-electron chi connectivity index (χ4n) is 2.36. The first-order valence-corrected chi connectivity index (χ1v) is 7.77. The lowest BCUT2D eigenvalue weighted by Gasteiger charge is -2.18. The monoisotopic (exact) mass is 342 g/mol. The number of hydrogen-bond donors (Lipinski definition) is 2. The SMILES string of the molecule is COc1ccc(CC(=O)NNC(=O)c2ccc3c(c2)OCCO3)cc1. The van der Waals surface area contributed by atoms with E-state index >= 15 is 0 Å². The van der Waals surface area contributed by atoms with Crippen LogP contribution in [0.1, 0.15) is 15.9 Å². The molecule has 0 bridgehead atoms. The summed E-state index contributed by atoms with van der Waals surface area (Å²) < 4.78 is 15.9. The molecule has 0 spiro atoms. The molecule has 0 radical (unpaired) electrons. The van der Waals surface area contributed by atoms with Crippen molar-refractivity contribution >= 4 is 11.8 Å². The highest BCUT2D eigenvalue weighted by atomic mass is 16.6. The second-order valence-corrected chi connectivity index (χ2v) is 5.39. The molecule has 1 aliphatic rings. The van der Waals surface area contributed by atoms with Crippen molar-refractivity contribution < 1.29 is 23.8 Å². The minimum Gasteiger partial charge on any atom is -0.497 e. The normalized spacial score (nSPS) is 12.2. The standard InChI is InChI=1S/C18H18N2O5/c1-23-14-5-2-12(3-6-14)10-17(21)19-20-18(22)13-4-7-15-16(11-13)25-9-8-24-15/h2-7,11H,8-10H2,1H3,(H,19,21)(H,20,22). The number of benzene rings is 2. The van der Waals surface area contributed by atoms with Crippen molar-refractivity contribution in [2.75, 3.05) is 20.3 Å². The van der Waals surface area contributed by atoms with Crippen LogP contribution in [0.25, 0.3) is 0 Å². The maximum absolute atomic E-state index is 12.1. The van der Waals surface area contributed by atoms with E-state index in [1.54, 1.807) is 49.6 Å². The van der Waals surface area contributed by atoms with Crippen LogP contribution < -0.4 is 25.1 Å². The van der Waals surface area contributed by atoms with Gasteiger partial charge in [-0.05, 0) is 35.9 Å². The second-order valence-electron chi connectivity index (χ2n) is 5.39. The average molecular weight is 342 g/mol. The molecule has 7 heteroatoms. The Labute approximate surface area is 144 Å². The van der Waals surface area contributed by atoms with E-state index in [2.05, 4.69) is 10.9 Å². The topological polar surface area (TPSA) is 85.9 Å². The van der Waals surface area contributed by atoms with Gasteiger partial charge in [0.2, 0.25) is 5.91 Å². The minimum atomic E-state index is -0.431. The Balaban J connectivity index is 1.53. The van der Waals surface area contributed by atoms with Gasteiger partial charge in [-0.25, -0.2) is 0 Å². The van der Waals surface area contributed by atoms with Crippen LogP contribution in [0, 0.1) is 0 Å². The fourth-order valence-corrected chi connectivity index (χ4v) is 2.36. The van der Waals surface area contributed by atoms with Gasteiger partial charge in [-0.2, -0.15) is 0 Å². The lowest BCUT2D eigenvalue weighted by molar-refractivity contribution is -0.121. The van der Waals surface area contributed by atoms with Gasteiger partial charge < -0.3 is 14.2 Å². The second kappa shape index (κ2) is 7.57. The van der Waals surface area contributed by atoms with Crippen molar-refractivity contribution in [3.05, 3.63) is 53.6 Å². The summed E-state index contributed by atoms with van der Waals surface area (Å²) in [5.41, 5.74) is 5.97. The zero-order valence-corrected chi connectivity index (χ0v) is 13.7. The third-order valence-electron chi connectivity index (χ3n) is 3.64. The molecular formula is C18H18N2O5. The van der Waals surface area contributed by atoms with Crippen molar-refractivity contribution in [3.63, 3.8) is 0 Å². The lowest BCUT2D eigenvalue weighted by Crippen LogP contribution is -2.42. The summed E-state index contributed by atoms with van der Waals surface area (Å²) in [6.07, 6.45) is 0.144. The molecule has 7 nitrogen and oxygen atoms in total. The highest BCUT2D eigenvalue weighted by Crippen LogP contribution is 2.30. The maximum atomic E-state index is 12.1. The molecule has 0 unspecified atom stereocenters. The molecule has 2 aromatic rings. The average Bonchev–Trinajstić information content (AvgIpc) is 2.66. The number of amides is 2. The van der Waals surface area contributed by atoms with Crippen LogP contribution in [0.3, 0.4) is 0 Å². The maximum Gasteiger partial charge on any atom is 0.269 e. The molecule has 0 atom stereocenters. The molecule has 1 heterocycles. The molecule has 130 valence electrons. The van der Waals surface area contributed by atoms with Gasteiger partial charge in [0.05, 0.1) is 13.5 Å². The first-order valence-electron chi connectivity index (χ1n) is 7.77. The molecule has 2 amide bonds. The van der Waals surface area contributed by atoms with Crippen molar-refractivity contribution in [2.24, 2.45) is 0 Å². The van der Waals surface area contributed by atoms with Crippen LogP contribution in [0.5, 0.6) is 17.2 Å². The fraction of sp³-hybridized carbons (Fsp3) is 0.222. The molecule has 2 N–H and O–H groups in total. The molecule has 0 aromatic heterocycles. The Hall–Kier alpha value is -3.22. The molecule has 0 saturated heterocycles. The van der Waals surface area contributed by atoms with Crippen LogP contribution in [-0.2, 0) is 11.2 Å². The predicted molar refractivity (Wildman–Crippen MR) is 89.7 cm³/mol. The van der Waals surface area contributed by atoms with E-state index in [1.807, 2.05) is 0 Å². The van der Waals surface area contributed by atoms with Crippen molar-refractivity contribution in [1.82, 2.24) is 10.9 Å². The lowest BCUT2D eigenvalue weighted by atomic mass is 10.1. The number of fused-ring (bicyclic) bond motifs is 1. The largest absolute Gasteiger partial charge is 0.497 e. The summed E-state index contributed by atoms with van der Waals surface area (Å²) in [4.78, 5) is 24.1. The number of nitrogens with one attached hydrogen (secondary N) is 2. The summed E-state index contributed by atoms with van der Waals surface area (Å²) in [5, 5.41) is 0. The number of carbonyl (C=O) groups excluding carboxylic acids is 2. The molecule has 0 aliphatic carbocycles. The van der Waals surface area contributed by atoms with Crippen LogP contribution in [0.4, 0.5) is 0 Å². The smallest absolute Gasteiger partial charge is 0.269 e. The Bertz CT molecular complexity index is 774. The highest BCUT2D eigenvalue weighted by Gasteiger charge is 2.15. The number of rotatable bonds is 4. The summed E-state index contributed by atoms with van der Waals surface area (Å²) in [7, 11) is 1.58. The van der Waals surface area contributed by atoms with Crippen molar-refractivity contribution in [2.45, 2.75) is 6.42 Å². The van der Waals surface area contributed by atoms with E-state index in [0.717, 1.165) is 11.3 Å². The van der Waals surface area contributed by atoms with Crippen LogP contribution >= 0.6 is 0 Å². The van der Waals surface area contributed by atoms with Gasteiger partial charge in [0.15, 0.2) is 11.5 Å². The summed E-state index contributed by atoms with van der Waals surface area (Å²) in [5.74, 6) is 1.09. The Morgan fingerprint density at radius 2 is 1.72 bits per heavy atom. The predicted octanol–water partition coefficient (Wildman–Crippen LogP) is 1.47. The van der Waals surface area contributed by atoms with Gasteiger partial charge in [-0.15, -0.1) is 0 Å². The van der Waals surface area contributed by atoms with Crippen molar-refractivity contribution in [1.29, 1.82) is 0 Å². The number of methoxy groups -OCH3 is 1. The third-order valence-corrected chi connectivity index (χ3v) is 3.64. The Kier molecular flexibility index (Phi) is 5.03. The molecule has 25 heavy (non-hydrogen) atoms. The van der Waals surface area contributed by atoms with Gasteiger partial charge in [-0.3, -0.25) is 20.4 Å². The van der Waals surface area contributed by atoms with Gasteiger partial charge in [0, 0.05) is 5.56 Å². The number of hydrogen-bond acceptors (Lipinski definition) is 5. The molecule has 0 fully saturated rings. The third kappa shape index (κ3) is 4.20. The van der Waals surface area contributed by atoms with Gasteiger partial charge in [-0.1, -0.05) is 12.1 Å². The van der Waals surface area contributed by atoms with E-state index < -0.39 is 5.91 Å². The van der Waals surface area contributed by atoms with Gasteiger partial charge in [0.1, 0.15) is 19.0 Å². The first-order chi connectivity index (χ1) is 12.2. The molecule has 3 rings (SSSR count). The quantitative estimate of drug-likeness (QED) is 0.822. The van der Waals surface area contributed by atoms with Crippen LogP contribution in [0.2, 0.25) is 0 Å². The molecule has 0 saturated carbocycles. The van der Waals surface area contributed by atoms with E-state index in [0.29, 0.717) is 30.3 Å². The van der Waals surface area contributed by atoms with E-state index in [1.165, 1.54) is 0 Å².